The second-order valence-electron chi connectivity index (χ2n) is 5.17. The van der Waals surface area contributed by atoms with E-state index in [0.29, 0.717) is 5.92 Å². The lowest BCUT2D eigenvalue weighted by atomic mass is 9.93. The molecular weight excluding hydrogens is 339 g/mol. The van der Waals surface area contributed by atoms with Crippen LogP contribution in [0.5, 0.6) is 0 Å². The van der Waals surface area contributed by atoms with Crippen molar-refractivity contribution >= 4 is 27.5 Å². The molecule has 0 aliphatic carbocycles. The predicted molar refractivity (Wildman–Crippen MR) is 87.3 cm³/mol. The van der Waals surface area contributed by atoms with E-state index in [2.05, 4.69) is 47.1 Å². The van der Waals surface area contributed by atoms with Gasteiger partial charge in [-0.3, -0.25) is 0 Å². The van der Waals surface area contributed by atoms with Crippen LogP contribution in [0.15, 0.2) is 42.5 Å². The molecular formula is C17H17BrClF. The fraction of sp³-hybridized carbons (Fsp3) is 0.294. The maximum atomic E-state index is 13.5. The Kier molecular flexibility index (Phi) is 5.62. The zero-order valence-electron chi connectivity index (χ0n) is 11.4. The first-order valence-electron chi connectivity index (χ1n) is 6.64. The van der Waals surface area contributed by atoms with Crippen molar-refractivity contribution < 1.29 is 4.39 Å². The highest BCUT2D eigenvalue weighted by molar-refractivity contribution is 9.09. The molecule has 0 spiro atoms. The van der Waals surface area contributed by atoms with Crippen LogP contribution in [0.3, 0.4) is 0 Å². The molecule has 0 amide bonds. The molecule has 2 aromatic carbocycles. The summed E-state index contributed by atoms with van der Waals surface area (Å²) in [5.41, 5.74) is 3.58. The highest BCUT2D eigenvalue weighted by atomic mass is 79.9. The van der Waals surface area contributed by atoms with Crippen molar-refractivity contribution in [3.63, 3.8) is 0 Å². The third-order valence-corrected chi connectivity index (χ3v) is 4.56. The molecule has 0 saturated carbocycles. The van der Waals surface area contributed by atoms with Gasteiger partial charge in [-0.05, 0) is 48.9 Å². The zero-order chi connectivity index (χ0) is 14.5. The lowest BCUT2D eigenvalue weighted by molar-refractivity contribution is 0.582. The summed E-state index contributed by atoms with van der Waals surface area (Å²) in [4.78, 5) is 0. The average molecular weight is 356 g/mol. The summed E-state index contributed by atoms with van der Waals surface area (Å²) in [6, 6.07) is 13.6. The third-order valence-electron chi connectivity index (χ3n) is 3.33. The number of rotatable bonds is 5. The van der Waals surface area contributed by atoms with E-state index in [1.165, 1.54) is 17.2 Å². The molecule has 0 radical (unpaired) electrons. The van der Waals surface area contributed by atoms with Gasteiger partial charge in [-0.2, -0.15) is 0 Å². The fourth-order valence-corrected chi connectivity index (χ4v) is 2.93. The number of halogens is 3. The van der Waals surface area contributed by atoms with Crippen LogP contribution in [0.2, 0.25) is 5.02 Å². The number of benzene rings is 2. The largest absolute Gasteiger partial charge is 0.205 e. The highest BCUT2D eigenvalue weighted by Crippen LogP contribution is 2.21. The minimum absolute atomic E-state index is 0.183. The van der Waals surface area contributed by atoms with E-state index in [0.717, 1.165) is 23.7 Å². The molecule has 2 aromatic rings. The Morgan fingerprint density at radius 1 is 1.10 bits per heavy atom. The highest BCUT2D eigenvalue weighted by Gasteiger charge is 2.11. The molecule has 2 rings (SSSR count). The van der Waals surface area contributed by atoms with Crippen molar-refractivity contribution in [3.8, 4) is 0 Å². The molecule has 1 unspecified atom stereocenters. The SMILES string of the molecule is Cc1cccc(CC(CBr)Cc2ccc(Cl)c(F)c2)c1. The van der Waals surface area contributed by atoms with E-state index in [9.17, 15) is 4.39 Å². The zero-order valence-corrected chi connectivity index (χ0v) is 13.7. The molecule has 0 N–H and O–H groups in total. The average Bonchev–Trinajstić information content (AvgIpc) is 2.42. The summed E-state index contributed by atoms with van der Waals surface area (Å²) in [5, 5.41) is 1.08. The van der Waals surface area contributed by atoms with Crippen molar-refractivity contribution in [3.05, 3.63) is 70.0 Å². The first-order valence-corrected chi connectivity index (χ1v) is 8.14. The van der Waals surface area contributed by atoms with Gasteiger partial charge in [0.15, 0.2) is 0 Å². The lowest BCUT2D eigenvalue weighted by Gasteiger charge is -2.15. The van der Waals surface area contributed by atoms with Gasteiger partial charge in [0.2, 0.25) is 0 Å². The summed E-state index contributed by atoms with van der Waals surface area (Å²) in [5.74, 6) is 0.102. The Hall–Kier alpha value is -0.860. The molecule has 0 bridgehead atoms. The molecule has 0 saturated heterocycles. The molecule has 0 fully saturated rings. The van der Waals surface area contributed by atoms with E-state index >= 15 is 0 Å². The Morgan fingerprint density at radius 3 is 2.40 bits per heavy atom. The number of hydrogen-bond donors (Lipinski definition) is 0. The molecule has 3 heteroatoms. The van der Waals surface area contributed by atoms with Crippen molar-refractivity contribution in [2.24, 2.45) is 5.92 Å². The second-order valence-corrected chi connectivity index (χ2v) is 6.22. The maximum Gasteiger partial charge on any atom is 0.142 e. The van der Waals surface area contributed by atoms with Crippen LogP contribution in [-0.2, 0) is 12.8 Å². The predicted octanol–water partition coefficient (Wildman–Crippen LogP) is 5.58. The van der Waals surface area contributed by atoms with E-state index in [4.69, 9.17) is 11.6 Å². The topological polar surface area (TPSA) is 0 Å². The van der Waals surface area contributed by atoms with Gasteiger partial charge in [0.05, 0.1) is 5.02 Å². The Morgan fingerprint density at radius 2 is 1.80 bits per heavy atom. The Labute approximate surface area is 133 Å². The summed E-state index contributed by atoms with van der Waals surface area (Å²) < 4.78 is 13.5. The molecule has 106 valence electrons. The van der Waals surface area contributed by atoms with Gasteiger partial charge in [-0.15, -0.1) is 0 Å². The van der Waals surface area contributed by atoms with Gasteiger partial charge >= 0.3 is 0 Å². The van der Waals surface area contributed by atoms with Crippen LogP contribution in [0.1, 0.15) is 16.7 Å². The maximum absolute atomic E-state index is 13.5. The molecule has 0 nitrogen and oxygen atoms in total. The molecule has 0 heterocycles. The molecule has 0 aliphatic rings. The smallest absolute Gasteiger partial charge is 0.142 e. The van der Waals surface area contributed by atoms with Gasteiger partial charge in [0.25, 0.3) is 0 Å². The van der Waals surface area contributed by atoms with Crippen molar-refractivity contribution in [1.29, 1.82) is 0 Å². The van der Waals surface area contributed by atoms with Gasteiger partial charge in [0, 0.05) is 5.33 Å². The van der Waals surface area contributed by atoms with E-state index in [-0.39, 0.29) is 10.8 Å². The Balaban J connectivity index is 2.07. The summed E-state index contributed by atoms with van der Waals surface area (Å²) >= 11 is 9.28. The van der Waals surface area contributed by atoms with Crippen molar-refractivity contribution in [2.45, 2.75) is 19.8 Å². The van der Waals surface area contributed by atoms with Crippen LogP contribution >= 0.6 is 27.5 Å². The van der Waals surface area contributed by atoms with E-state index < -0.39 is 0 Å². The molecule has 0 aromatic heterocycles. The standard InChI is InChI=1S/C17H17BrClF/c1-12-3-2-4-13(7-12)8-15(11-18)9-14-5-6-16(19)17(20)10-14/h2-7,10,15H,8-9,11H2,1H3. The minimum atomic E-state index is -0.340. The summed E-state index contributed by atoms with van der Waals surface area (Å²) in [6.07, 6.45) is 1.82. The van der Waals surface area contributed by atoms with E-state index in [1.807, 2.05) is 6.07 Å². The summed E-state index contributed by atoms with van der Waals surface area (Å²) in [7, 11) is 0. The van der Waals surface area contributed by atoms with Gasteiger partial charge < -0.3 is 0 Å². The molecule has 20 heavy (non-hydrogen) atoms. The third kappa shape index (κ3) is 4.32. The van der Waals surface area contributed by atoms with E-state index in [1.54, 1.807) is 6.07 Å². The van der Waals surface area contributed by atoms with Crippen LogP contribution in [0, 0.1) is 18.7 Å². The first kappa shape index (κ1) is 15.5. The van der Waals surface area contributed by atoms with Crippen LogP contribution < -0.4 is 0 Å². The van der Waals surface area contributed by atoms with Crippen LogP contribution in [0.25, 0.3) is 0 Å². The lowest BCUT2D eigenvalue weighted by Crippen LogP contribution is -2.10. The molecule has 1 atom stereocenters. The first-order chi connectivity index (χ1) is 9.58. The Bertz CT molecular complexity index is 583. The number of alkyl halides is 1. The van der Waals surface area contributed by atoms with Gasteiger partial charge in [0.1, 0.15) is 5.82 Å². The van der Waals surface area contributed by atoms with Crippen molar-refractivity contribution in [1.82, 2.24) is 0 Å². The monoisotopic (exact) mass is 354 g/mol. The fourth-order valence-electron chi connectivity index (χ4n) is 2.35. The molecule has 0 aliphatic heterocycles. The van der Waals surface area contributed by atoms with Gasteiger partial charge in [-0.1, -0.05) is 63.4 Å². The minimum Gasteiger partial charge on any atom is -0.205 e. The number of hydrogen-bond acceptors (Lipinski definition) is 0. The van der Waals surface area contributed by atoms with Crippen LogP contribution in [-0.4, -0.2) is 5.33 Å². The normalized spacial score (nSPS) is 12.4. The quantitative estimate of drug-likeness (QED) is 0.614. The van der Waals surface area contributed by atoms with Gasteiger partial charge in [-0.25, -0.2) is 4.39 Å². The van der Waals surface area contributed by atoms with Crippen LogP contribution in [0.4, 0.5) is 4.39 Å². The summed E-state index contributed by atoms with van der Waals surface area (Å²) in [6.45, 7) is 2.10. The number of aryl methyl sites for hydroxylation is 1. The van der Waals surface area contributed by atoms with Crippen molar-refractivity contribution in [2.75, 3.05) is 5.33 Å². The second kappa shape index (κ2) is 7.24.